The lowest BCUT2D eigenvalue weighted by Gasteiger charge is -2.32. The average molecular weight is 261 g/mol. The number of nitrogens with zero attached hydrogens (tertiary/aromatic N) is 2. The van der Waals surface area contributed by atoms with Gasteiger partial charge in [0.15, 0.2) is 0 Å². The number of likely N-dealkylation sites (N-methyl/N-ethyl adjacent to an activating group) is 1. The minimum atomic E-state index is -0.397. The second-order valence-electron chi connectivity index (χ2n) is 5.47. The first kappa shape index (κ1) is 13.5. The van der Waals surface area contributed by atoms with Crippen molar-refractivity contribution in [3.05, 3.63) is 29.8 Å². The van der Waals surface area contributed by atoms with Gasteiger partial charge in [-0.1, -0.05) is 12.1 Å². The standard InChI is InChI=1S/C14H19N3O2/c1-14(2,15)10-4-6-11(7-5-10)17-8-12(18)16(3)13(19)9-17/h4-7H,8-9,15H2,1-3H3. The smallest absolute Gasteiger partial charge is 0.248 e. The minimum absolute atomic E-state index is 0.181. The van der Waals surface area contributed by atoms with Crippen molar-refractivity contribution in [2.24, 2.45) is 5.73 Å². The van der Waals surface area contributed by atoms with Crippen LogP contribution in [0.2, 0.25) is 0 Å². The third-order valence-electron chi connectivity index (χ3n) is 3.38. The first-order valence-electron chi connectivity index (χ1n) is 6.23. The quantitative estimate of drug-likeness (QED) is 0.795. The molecule has 1 aromatic carbocycles. The first-order chi connectivity index (χ1) is 8.79. The second-order valence-corrected chi connectivity index (χ2v) is 5.47. The maximum atomic E-state index is 11.7. The van der Waals surface area contributed by atoms with E-state index in [-0.39, 0.29) is 24.9 Å². The molecule has 5 nitrogen and oxygen atoms in total. The number of amides is 2. The van der Waals surface area contributed by atoms with E-state index in [2.05, 4.69) is 0 Å². The monoisotopic (exact) mass is 261 g/mol. The van der Waals surface area contributed by atoms with Crippen LogP contribution in [0.1, 0.15) is 19.4 Å². The van der Waals surface area contributed by atoms with Gasteiger partial charge < -0.3 is 10.6 Å². The summed E-state index contributed by atoms with van der Waals surface area (Å²) in [4.78, 5) is 26.3. The van der Waals surface area contributed by atoms with E-state index in [0.717, 1.165) is 11.3 Å². The molecule has 0 atom stereocenters. The number of hydrogen-bond acceptors (Lipinski definition) is 4. The number of anilines is 1. The highest BCUT2D eigenvalue weighted by molar-refractivity contribution is 6.02. The lowest BCUT2D eigenvalue weighted by molar-refractivity contribution is -0.143. The molecule has 2 rings (SSSR count). The first-order valence-corrected chi connectivity index (χ1v) is 6.23. The van der Waals surface area contributed by atoms with Gasteiger partial charge in [0, 0.05) is 18.3 Å². The van der Waals surface area contributed by atoms with Gasteiger partial charge in [0.05, 0.1) is 13.1 Å². The molecule has 1 aromatic rings. The van der Waals surface area contributed by atoms with E-state index in [4.69, 9.17) is 5.73 Å². The van der Waals surface area contributed by atoms with Crippen LogP contribution in [0.5, 0.6) is 0 Å². The van der Waals surface area contributed by atoms with Crippen LogP contribution in [-0.2, 0) is 15.1 Å². The Labute approximate surface area is 113 Å². The lowest BCUT2D eigenvalue weighted by Crippen LogP contribution is -2.52. The Morgan fingerprint density at radius 2 is 1.53 bits per heavy atom. The summed E-state index contributed by atoms with van der Waals surface area (Å²) >= 11 is 0. The molecule has 0 unspecified atom stereocenters. The van der Waals surface area contributed by atoms with Gasteiger partial charge in [-0.25, -0.2) is 0 Å². The van der Waals surface area contributed by atoms with Gasteiger partial charge in [-0.3, -0.25) is 14.5 Å². The zero-order valence-corrected chi connectivity index (χ0v) is 11.5. The summed E-state index contributed by atoms with van der Waals surface area (Å²) in [6.45, 7) is 4.33. The van der Waals surface area contributed by atoms with Crippen LogP contribution in [0.25, 0.3) is 0 Å². The number of hydrogen-bond donors (Lipinski definition) is 1. The molecule has 1 aliphatic heterocycles. The molecule has 0 saturated carbocycles. The number of rotatable bonds is 2. The van der Waals surface area contributed by atoms with Gasteiger partial charge in [0.25, 0.3) is 0 Å². The van der Waals surface area contributed by atoms with Crippen LogP contribution >= 0.6 is 0 Å². The molecule has 0 radical (unpaired) electrons. The van der Waals surface area contributed by atoms with Crippen LogP contribution in [0.3, 0.4) is 0 Å². The van der Waals surface area contributed by atoms with Crippen LogP contribution in [0.15, 0.2) is 24.3 Å². The molecule has 102 valence electrons. The van der Waals surface area contributed by atoms with Crippen molar-refractivity contribution >= 4 is 17.5 Å². The molecule has 0 aromatic heterocycles. The Kier molecular flexibility index (Phi) is 3.32. The Morgan fingerprint density at radius 3 is 1.95 bits per heavy atom. The highest BCUT2D eigenvalue weighted by Crippen LogP contribution is 2.22. The van der Waals surface area contributed by atoms with Gasteiger partial charge in [0.1, 0.15) is 0 Å². The number of benzene rings is 1. The maximum absolute atomic E-state index is 11.7. The summed E-state index contributed by atoms with van der Waals surface area (Å²) in [5, 5.41) is 0. The molecule has 2 amide bonds. The number of nitrogens with two attached hydrogens (primary N) is 1. The molecule has 2 N–H and O–H groups in total. The van der Waals surface area contributed by atoms with Crippen LogP contribution in [0.4, 0.5) is 5.69 Å². The molecule has 1 heterocycles. The van der Waals surface area contributed by atoms with E-state index in [1.54, 1.807) is 4.90 Å². The van der Waals surface area contributed by atoms with Crippen LogP contribution in [-0.4, -0.2) is 36.9 Å². The Balaban J connectivity index is 2.19. The van der Waals surface area contributed by atoms with Gasteiger partial charge in [-0.05, 0) is 31.5 Å². The summed E-state index contributed by atoms with van der Waals surface area (Å²) in [5.41, 5.74) is 7.50. The molecular weight excluding hydrogens is 242 g/mol. The maximum Gasteiger partial charge on any atom is 0.248 e. The summed E-state index contributed by atoms with van der Waals surface area (Å²) in [5.74, 6) is -0.362. The molecule has 5 heteroatoms. The van der Waals surface area contributed by atoms with E-state index >= 15 is 0 Å². The molecule has 0 bridgehead atoms. The van der Waals surface area contributed by atoms with Crippen molar-refractivity contribution in [1.82, 2.24) is 4.90 Å². The average Bonchev–Trinajstić information content (AvgIpc) is 2.34. The SMILES string of the molecule is CN1C(=O)CN(c2ccc(C(C)(C)N)cc2)CC1=O. The molecule has 0 aliphatic carbocycles. The molecule has 1 aliphatic rings. The van der Waals surface area contributed by atoms with E-state index in [0.29, 0.717) is 0 Å². The van der Waals surface area contributed by atoms with Gasteiger partial charge in [0.2, 0.25) is 11.8 Å². The van der Waals surface area contributed by atoms with Crippen LogP contribution in [0, 0.1) is 0 Å². The third-order valence-corrected chi connectivity index (χ3v) is 3.38. The van der Waals surface area contributed by atoms with Gasteiger partial charge >= 0.3 is 0 Å². The highest BCUT2D eigenvalue weighted by atomic mass is 16.2. The molecule has 1 fully saturated rings. The zero-order valence-electron chi connectivity index (χ0n) is 11.5. The van der Waals surface area contributed by atoms with Crippen molar-refractivity contribution in [3.8, 4) is 0 Å². The Morgan fingerprint density at radius 1 is 1.05 bits per heavy atom. The fourth-order valence-corrected chi connectivity index (χ4v) is 2.02. The number of imide groups is 1. The molecule has 19 heavy (non-hydrogen) atoms. The summed E-state index contributed by atoms with van der Waals surface area (Å²) in [6.07, 6.45) is 0. The van der Waals surface area contributed by atoms with Crippen molar-refractivity contribution < 1.29 is 9.59 Å². The predicted octanol–water partition coefficient (Wildman–Crippen LogP) is 0.685. The topological polar surface area (TPSA) is 66.6 Å². The molecular formula is C14H19N3O2. The van der Waals surface area contributed by atoms with E-state index in [9.17, 15) is 9.59 Å². The van der Waals surface area contributed by atoms with Crippen molar-refractivity contribution in [1.29, 1.82) is 0 Å². The van der Waals surface area contributed by atoms with E-state index in [1.807, 2.05) is 38.1 Å². The lowest BCUT2D eigenvalue weighted by atomic mass is 9.95. The fourth-order valence-electron chi connectivity index (χ4n) is 2.02. The zero-order chi connectivity index (χ0) is 14.2. The molecule has 0 spiro atoms. The summed E-state index contributed by atoms with van der Waals surface area (Å²) in [6, 6.07) is 7.66. The van der Waals surface area contributed by atoms with Crippen molar-refractivity contribution in [3.63, 3.8) is 0 Å². The Bertz CT molecular complexity index is 484. The number of carbonyl (C=O) groups excluding carboxylic acids is 2. The molecule has 1 saturated heterocycles. The largest absolute Gasteiger partial charge is 0.353 e. The minimum Gasteiger partial charge on any atom is -0.353 e. The van der Waals surface area contributed by atoms with E-state index < -0.39 is 5.54 Å². The Hall–Kier alpha value is -1.88. The highest BCUT2D eigenvalue weighted by Gasteiger charge is 2.28. The third kappa shape index (κ3) is 2.76. The van der Waals surface area contributed by atoms with Crippen molar-refractivity contribution in [2.45, 2.75) is 19.4 Å². The summed E-state index contributed by atoms with van der Waals surface area (Å²) < 4.78 is 0. The normalized spacial score (nSPS) is 17.1. The van der Waals surface area contributed by atoms with Gasteiger partial charge in [-0.15, -0.1) is 0 Å². The predicted molar refractivity (Wildman–Crippen MR) is 73.6 cm³/mol. The fraction of sp³-hybridized carbons (Fsp3) is 0.429. The number of piperazine rings is 1. The number of carbonyl (C=O) groups is 2. The van der Waals surface area contributed by atoms with Crippen LogP contribution < -0.4 is 10.6 Å². The van der Waals surface area contributed by atoms with E-state index in [1.165, 1.54) is 11.9 Å². The second kappa shape index (κ2) is 4.66. The van der Waals surface area contributed by atoms with Crippen molar-refractivity contribution in [2.75, 3.05) is 25.0 Å². The van der Waals surface area contributed by atoms with Gasteiger partial charge in [-0.2, -0.15) is 0 Å². The summed E-state index contributed by atoms with van der Waals surface area (Å²) in [7, 11) is 1.52.